The Kier molecular flexibility index (Phi) is 2.22. The van der Waals surface area contributed by atoms with Crippen molar-refractivity contribution in [3.63, 3.8) is 0 Å². The average Bonchev–Trinajstić information content (AvgIpc) is 1.91. The normalized spacial score (nSPS) is 9.33. The topological polar surface area (TPSA) is 26.3 Å². The van der Waals surface area contributed by atoms with Crippen LogP contribution in [0.1, 0.15) is 0 Å². The van der Waals surface area contributed by atoms with Crippen LogP contribution in [0.15, 0.2) is 24.3 Å². The third kappa shape index (κ3) is 1.82. The summed E-state index contributed by atoms with van der Waals surface area (Å²) in [6.07, 6.45) is 0. The standard InChI is InChI=1S/C6H4O2P/c7-9-8-6-4-2-1-3-5-6/h2-5H. The average molecular weight is 139 g/mol. The predicted octanol–water partition coefficient (Wildman–Crippen LogP) is 2.07. The van der Waals surface area contributed by atoms with Crippen molar-refractivity contribution >= 4 is 8.69 Å². The van der Waals surface area contributed by atoms with Gasteiger partial charge in [-0.25, -0.2) is 4.57 Å². The van der Waals surface area contributed by atoms with Crippen LogP contribution in [-0.4, -0.2) is 0 Å². The maximum absolute atomic E-state index is 9.84. The van der Waals surface area contributed by atoms with E-state index < -0.39 is 0 Å². The van der Waals surface area contributed by atoms with Crippen LogP contribution < -0.4 is 4.52 Å². The first-order valence-corrected chi connectivity index (χ1v) is 3.12. The molecular formula is C6H4O2P. The smallest absolute Gasteiger partial charge is 0.395 e. The monoisotopic (exact) mass is 139 g/mol. The highest BCUT2D eigenvalue weighted by Gasteiger charge is 1.86. The van der Waals surface area contributed by atoms with Gasteiger partial charge in [-0.1, -0.05) is 12.1 Å². The quantitative estimate of drug-likeness (QED) is 0.586. The molecule has 0 atom stereocenters. The second-order valence-electron chi connectivity index (χ2n) is 1.40. The van der Waals surface area contributed by atoms with Crippen molar-refractivity contribution in [3.8, 4) is 5.75 Å². The van der Waals surface area contributed by atoms with Crippen molar-refractivity contribution in [1.82, 2.24) is 0 Å². The molecule has 2 nitrogen and oxygen atoms in total. The molecule has 0 aliphatic rings. The summed E-state index contributed by atoms with van der Waals surface area (Å²) in [7, 11) is -0.319. The maximum Gasteiger partial charge on any atom is 0.395 e. The highest BCUT2D eigenvalue weighted by Crippen LogP contribution is 2.12. The second kappa shape index (κ2) is 3.21. The first-order chi connectivity index (χ1) is 4.43. The highest BCUT2D eigenvalue weighted by atomic mass is 31.1. The second-order valence-corrected chi connectivity index (χ2v) is 1.73. The van der Waals surface area contributed by atoms with Gasteiger partial charge in [-0.15, -0.1) is 0 Å². The van der Waals surface area contributed by atoms with Gasteiger partial charge in [0, 0.05) is 0 Å². The maximum atomic E-state index is 9.84. The van der Waals surface area contributed by atoms with Crippen LogP contribution in [-0.2, 0) is 4.57 Å². The molecule has 1 rings (SSSR count). The zero-order valence-corrected chi connectivity index (χ0v) is 5.47. The number of hydrogen-bond donors (Lipinski definition) is 0. The third-order valence-corrected chi connectivity index (χ3v) is 1.12. The van der Waals surface area contributed by atoms with Crippen LogP contribution >= 0.6 is 8.69 Å². The van der Waals surface area contributed by atoms with E-state index in [4.69, 9.17) is 0 Å². The van der Waals surface area contributed by atoms with E-state index in [0.29, 0.717) is 5.75 Å². The molecule has 45 valence electrons. The number of hydrogen-bond acceptors (Lipinski definition) is 2. The zero-order chi connectivity index (χ0) is 6.53. The van der Waals surface area contributed by atoms with Crippen LogP contribution in [0, 0.1) is 6.07 Å². The van der Waals surface area contributed by atoms with Gasteiger partial charge in [0.05, 0.1) is 0 Å². The molecule has 0 saturated carbocycles. The molecule has 9 heavy (non-hydrogen) atoms. The summed E-state index contributed by atoms with van der Waals surface area (Å²) in [5.74, 6) is 0.588. The minimum atomic E-state index is -0.319. The van der Waals surface area contributed by atoms with Gasteiger partial charge in [-0.3, -0.25) is 0 Å². The van der Waals surface area contributed by atoms with E-state index in [9.17, 15) is 4.57 Å². The molecule has 0 spiro atoms. The SMILES string of the molecule is O=POc1cc[c]cc1. The zero-order valence-electron chi connectivity index (χ0n) is 4.57. The van der Waals surface area contributed by atoms with E-state index in [1.807, 2.05) is 0 Å². The molecular weight excluding hydrogens is 135 g/mol. The fraction of sp³-hybridized carbons (Fsp3) is 0. The molecule has 0 heterocycles. The van der Waals surface area contributed by atoms with E-state index in [2.05, 4.69) is 10.6 Å². The Labute approximate surface area is 54.8 Å². The Morgan fingerprint density at radius 3 is 2.67 bits per heavy atom. The Balaban J connectivity index is 2.72. The van der Waals surface area contributed by atoms with Gasteiger partial charge >= 0.3 is 8.69 Å². The van der Waals surface area contributed by atoms with Crippen molar-refractivity contribution in [1.29, 1.82) is 0 Å². The largest absolute Gasteiger partial charge is 0.408 e. The predicted molar refractivity (Wildman–Crippen MR) is 33.5 cm³/mol. The Morgan fingerprint density at radius 1 is 1.44 bits per heavy atom. The van der Waals surface area contributed by atoms with E-state index in [1.54, 1.807) is 24.3 Å². The van der Waals surface area contributed by atoms with Gasteiger partial charge < -0.3 is 4.52 Å². The molecule has 1 radical (unpaired) electrons. The number of benzene rings is 1. The summed E-state index contributed by atoms with van der Waals surface area (Å²) >= 11 is 0. The molecule has 0 N–H and O–H groups in total. The lowest BCUT2D eigenvalue weighted by molar-refractivity contribution is 0.525. The van der Waals surface area contributed by atoms with Gasteiger partial charge in [-0.05, 0) is 18.2 Å². The molecule has 1 aromatic carbocycles. The molecule has 0 amide bonds. The first kappa shape index (κ1) is 6.24. The Bertz CT molecular complexity index is 186. The summed E-state index contributed by atoms with van der Waals surface area (Å²) in [4.78, 5) is 0. The van der Waals surface area contributed by atoms with Gasteiger partial charge in [0.15, 0.2) is 0 Å². The minimum Gasteiger partial charge on any atom is -0.408 e. The van der Waals surface area contributed by atoms with Crippen LogP contribution in [0.4, 0.5) is 0 Å². The van der Waals surface area contributed by atoms with Crippen LogP contribution in [0.3, 0.4) is 0 Å². The van der Waals surface area contributed by atoms with Crippen LogP contribution in [0.5, 0.6) is 5.75 Å². The molecule has 0 fully saturated rings. The fourth-order valence-corrected chi connectivity index (χ4v) is 0.683. The van der Waals surface area contributed by atoms with Crippen LogP contribution in [0.25, 0.3) is 0 Å². The van der Waals surface area contributed by atoms with Crippen molar-refractivity contribution in [2.45, 2.75) is 0 Å². The third-order valence-electron chi connectivity index (χ3n) is 0.830. The molecule has 3 heteroatoms. The van der Waals surface area contributed by atoms with E-state index >= 15 is 0 Å². The lowest BCUT2D eigenvalue weighted by atomic mass is 10.3. The molecule has 0 bridgehead atoms. The van der Waals surface area contributed by atoms with Gasteiger partial charge in [-0.2, -0.15) is 0 Å². The Hall–Kier alpha value is -0.880. The highest BCUT2D eigenvalue weighted by molar-refractivity contribution is 7.17. The molecule has 0 aliphatic carbocycles. The van der Waals surface area contributed by atoms with E-state index in [1.165, 1.54) is 0 Å². The molecule has 0 aromatic heterocycles. The summed E-state index contributed by atoms with van der Waals surface area (Å²) in [5, 5.41) is 0. The van der Waals surface area contributed by atoms with E-state index in [0.717, 1.165) is 0 Å². The van der Waals surface area contributed by atoms with Gasteiger partial charge in [0.2, 0.25) is 0 Å². The molecule has 1 aromatic rings. The summed E-state index contributed by atoms with van der Waals surface area (Å²) in [6.45, 7) is 0. The first-order valence-electron chi connectivity index (χ1n) is 2.39. The van der Waals surface area contributed by atoms with E-state index in [-0.39, 0.29) is 8.69 Å². The summed E-state index contributed by atoms with van der Waals surface area (Å²) < 4.78 is 14.4. The van der Waals surface area contributed by atoms with Crippen LogP contribution in [0.2, 0.25) is 0 Å². The fourth-order valence-electron chi connectivity index (χ4n) is 0.475. The van der Waals surface area contributed by atoms with Crippen molar-refractivity contribution in [3.05, 3.63) is 30.3 Å². The van der Waals surface area contributed by atoms with Crippen molar-refractivity contribution < 1.29 is 9.09 Å². The van der Waals surface area contributed by atoms with Crippen molar-refractivity contribution in [2.75, 3.05) is 0 Å². The summed E-state index contributed by atoms with van der Waals surface area (Å²) in [5.41, 5.74) is 0. The van der Waals surface area contributed by atoms with Gasteiger partial charge in [0.25, 0.3) is 0 Å². The molecule has 0 unspecified atom stereocenters. The number of rotatable bonds is 2. The molecule has 0 saturated heterocycles. The lowest BCUT2D eigenvalue weighted by Crippen LogP contribution is -1.70. The minimum absolute atomic E-state index is 0.319. The van der Waals surface area contributed by atoms with Gasteiger partial charge in [0.1, 0.15) is 5.75 Å². The summed E-state index contributed by atoms with van der Waals surface area (Å²) in [6, 6.07) is 9.57. The van der Waals surface area contributed by atoms with Crippen molar-refractivity contribution in [2.24, 2.45) is 0 Å². The molecule has 0 aliphatic heterocycles. The lowest BCUT2D eigenvalue weighted by Gasteiger charge is -1.90. The Morgan fingerprint density at radius 2 is 2.11 bits per heavy atom.